The molecule has 0 N–H and O–H groups in total. The molecule has 0 spiro atoms. The SMILES string of the molecule is CC(=O)N(CCc1ccc(Cl)cc1Cl)CC(=O)N1CCCCC1. The van der Waals surface area contributed by atoms with Crippen molar-refractivity contribution >= 4 is 35.0 Å². The number of benzene rings is 1. The third kappa shape index (κ3) is 5.40. The lowest BCUT2D eigenvalue weighted by molar-refractivity contribution is -0.140. The highest BCUT2D eigenvalue weighted by molar-refractivity contribution is 6.35. The molecule has 1 fully saturated rings. The van der Waals surface area contributed by atoms with Gasteiger partial charge in [-0.25, -0.2) is 0 Å². The summed E-state index contributed by atoms with van der Waals surface area (Å²) in [4.78, 5) is 27.6. The molecule has 126 valence electrons. The van der Waals surface area contributed by atoms with Crippen LogP contribution in [-0.2, 0) is 16.0 Å². The molecule has 1 aromatic carbocycles. The molecule has 1 heterocycles. The Morgan fingerprint density at radius 3 is 2.48 bits per heavy atom. The Kier molecular flexibility index (Phi) is 6.72. The molecule has 0 aromatic heterocycles. The van der Waals surface area contributed by atoms with Gasteiger partial charge in [0.25, 0.3) is 0 Å². The molecule has 4 nitrogen and oxygen atoms in total. The molecule has 6 heteroatoms. The van der Waals surface area contributed by atoms with Gasteiger partial charge in [-0.1, -0.05) is 29.3 Å². The van der Waals surface area contributed by atoms with Crippen LogP contribution >= 0.6 is 23.2 Å². The average molecular weight is 357 g/mol. The van der Waals surface area contributed by atoms with Crippen LogP contribution in [0.2, 0.25) is 10.0 Å². The lowest BCUT2D eigenvalue weighted by Gasteiger charge is -2.29. The number of hydrogen-bond donors (Lipinski definition) is 0. The van der Waals surface area contributed by atoms with Gasteiger partial charge in [-0.2, -0.15) is 0 Å². The van der Waals surface area contributed by atoms with E-state index in [4.69, 9.17) is 23.2 Å². The van der Waals surface area contributed by atoms with Crippen LogP contribution in [0, 0.1) is 0 Å². The Morgan fingerprint density at radius 2 is 1.87 bits per heavy atom. The van der Waals surface area contributed by atoms with Crippen LogP contribution in [-0.4, -0.2) is 47.8 Å². The molecular formula is C17H22Cl2N2O2. The maximum atomic E-state index is 12.3. The summed E-state index contributed by atoms with van der Waals surface area (Å²) < 4.78 is 0. The smallest absolute Gasteiger partial charge is 0.242 e. The number of nitrogens with zero attached hydrogens (tertiary/aromatic N) is 2. The molecular weight excluding hydrogens is 335 g/mol. The Bertz CT molecular complexity index is 572. The Balaban J connectivity index is 1.93. The number of piperidine rings is 1. The summed E-state index contributed by atoms with van der Waals surface area (Å²) >= 11 is 12.0. The van der Waals surface area contributed by atoms with E-state index >= 15 is 0 Å². The number of likely N-dealkylation sites (tertiary alicyclic amines) is 1. The van der Waals surface area contributed by atoms with Gasteiger partial charge in [0.15, 0.2) is 0 Å². The van der Waals surface area contributed by atoms with E-state index in [-0.39, 0.29) is 18.4 Å². The second-order valence-corrected chi connectivity index (χ2v) is 6.71. The topological polar surface area (TPSA) is 40.6 Å². The van der Waals surface area contributed by atoms with Crippen LogP contribution in [0.1, 0.15) is 31.7 Å². The van der Waals surface area contributed by atoms with Gasteiger partial charge in [0.1, 0.15) is 0 Å². The Morgan fingerprint density at radius 1 is 1.17 bits per heavy atom. The Hall–Kier alpha value is -1.26. The van der Waals surface area contributed by atoms with Crippen molar-refractivity contribution in [2.75, 3.05) is 26.2 Å². The first-order valence-corrected chi connectivity index (χ1v) is 8.70. The largest absolute Gasteiger partial charge is 0.341 e. The predicted octanol–water partition coefficient (Wildman–Crippen LogP) is 3.40. The van der Waals surface area contributed by atoms with E-state index in [2.05, 4.69) is 0 Å². The minimum Gasteiger partial charge on any atom is -0.341 e. The number of carbonyl (C=O) groups excluding carboxylic acids is 2. The highest BCUT2D eigenvalue weighted by Crippen LogP contribution is 2.21. The second kappa shape index (κ2) is 8.55. The summed E-state index contributed by atoms with van der Waals surface area (Å²) in [6, 6.07) is 5.32. The summed E-state index contributed by atoms with van der Waals surface area (Å²) in [7, 11) is 0. The molecule has 0 atom stereocenters. The van der Waals surface area contributed by atoms with Crippen molar-refractivity contribution in [2.24, 2.45) is 0 Å². The van der Waals surface area contributed by atoms with Crippen LogP contribution in [0.25, 0.3) is 0 Å². The van der Waals surface area contributed by atoms with Crippen molar-refractivity contribution in [3.8, 4) is 0 Å². The predicted molar refractivity (Wildman–Crippen MR) is 92.9 cm³/mol. The minimum atomic E-state index is -0.0968. The third-order valence-electron chi connectivity index (χ3n) is 4.15. The summed E-state index contributed by atoms with van der Waals surface area (Å²) in [6.07, 6.45) is 3.87. The van der Waals surface area contributed by atoms with Crippen LogP contribution in [0.3, 0.4) is 0 Å². The van der Waals surface area contributed by atoms with Gasteiger partial charge in [-0.3, -0.25) is 9.59 Å². The number of halogens is 2. The van der Waals surface area contributed by atoms with Crippen molar-refractivity contribution < 1.29 is 9.59 Å². The average Bonchev–Trinajstić information content (AvgIpc) is 2.53. The van der Waals surface area contributed by atoms with Crippen molar-refractivity contribution in [1.29, 1.82) is 0 Å². The van der Waals surface area contributed by atoms with Crippen molar-refractivity contribution in [3.63, 3.8) is 0 Å². The zero-order valence-corrected chi connectivity index (χ0v) is 14.9. The van der Waals surface area contributed by atoms with E-state index < -0.39 is 0 Å². The van der Waals surface area contributed by atoms with Gasteiger partial charge in [0.2, 0.25) is 11.8 Å². The zero-order chi connectivity index (χ0) is 16.8. The molecule has 1 saturated heterocycles. The molecule has 1 aromatic rings. The molecule has 2 rings (SSSR count). The van der Waals surface area contributed by atoms with Gasteiger partial charge in [0.05, 0.1) is 6.54 Å². The minimum absolute atomic E-state index is 0.0297. The maximum Gasteiger partial charge on any atom is 0.242 e. The Labute approximate surface area is 147 Å². The van der Waals surface area contributed by atoms with Crippen molar-refractivity contribution in [1.82, 2.24) is 9.80 Å². The second-order valence-electron chi connectivity index (χ2n) is 5.87. The molecule has 23 heavy (non-hydrogen) atoms. The van der Waals surface area contributed by atoms with E-state index in [1.165, 1.54) is 13.3 Å². The van der Waals surface area contributed by atoms with Crippen LogP contribution in [0.5, 0.6) is 0 Å². The molecule has 0 aliphatic carbocycles. The number of rotatable bonds is 5. The summed E-state index contributed by atoms with van der Waals surface area (Å²) in [5.74, 6) is -0.0671. The van der Waals surface area contributed by atoms with Gasteiger partial charge in [0, 0.05) is 36.6 Å². The van der Waals surface area contributed by atoms with Gasteiger partial charge < -0.3 is 9.80 Å². The fourth-order valence-corrected chi connectivity index (χ4v) is 3.24. The summed E-state index contributed by atoms with van der Waals surface area (Å²) in [5, 5.41) is 1.17. The van der Waals surface area contributed by atoms with E-state index in [1.807, 2.05) is 11.0 Å². The van der Waals surface area contributed by atoms with E-state index in [0.29, 0.717) is 23.0 Å². The maximum absolute atomic E-state index is 12.3. The standard InChI is InChI=1S/C17H22Cl2N2O2/c1-13(22)21(12-17(23)20-8-3-2-4-9-20)10-7-14-5-6-15(18)11-16(14)19/h5-6,11H,2-4,7-10,12H2,1H3. The molecule has 0 radical (unpaired) electrons. The highest BCUT2D eigenvalue weighted by Gasteiger charge is 2.20. The molecule has 0 bridgehead atoms. The molecule has 2 amide bonds. The zero-order valence-electron chi connectivity index (χ0n) is 13.4. The monoisotopic (exact) mass is 356 g/mol. The molecule has 1 aliphatic heterocycles. The lowest BCUT2D eigenvalue weighted by atomic mass is 10.1. The number of carbonyl (C=O) groups is 2. The first-order valence-electron chi connectivity index (χ1n) is 7.94. The molecule has 1 aliphatic rings. The normalized spacial score (nSPS) is 14.7. The third-order valence-corrected chi connectivity index (χ3v) is 4.73. The van der Waals surface area contributed by atoms with Gasteiger partial charge in [-0.05, 0) is 43.4 Å². The lowest BCUT2D eigenvalue weighted by Crippen LogP contribution is -2.44. The highest BCUT2D eigenvalue weighted by atomic mass is 35.5. The van der Waals surface area contributed by atoms with Crippen molar-refractivity contribution in [3.05, 3.63) is 33.8 Å². The fourth-order valence-electron chi connectivity index (χ4n) is 2.73. The molecule has 0 saturated carbocycles. The van der Waals surface area contributed by atoms with Gasteiger partial charge in [-0.15, -0.1) is 0 Å². The van der Waals surface area contributed by atoms with E-state index in [0.717, 1.165) is 31.5 Å². The summed E-state index contributed by atoms with van der Waals surface area (Å²) in [5.41, 5.74) is 0.924. The van der Waals surface area contributed by atoms with Crippen LogP contribution in [0.4, 0.5) is 0 Å². The first kappa shape index (κ1) is 18.1. The quantitative estimate of drug-likeness (QED) is 0.811. The van der Waals surface area contributed by atoms with E-state index in [9.17, 15) is 9.59 Å². The van der Waals surface area contributed by atoms with Crippen molar-refractivity contribution in [2.45, 2.75) is 32.6 Å². The number of hydrogen-bond acceptors (Lipinski definition) is 2. The van der Waals surface area contributed by atoms with Crippen LogP contribution < -0.4 is 0 Å². The van der Waals surface area contributed by atoms with Crippen LogP contribution in [0.15, 0.2) is 18.2 Å². The molecule has 0 unspecified atom stereocenters. The summed E-state index contributed by atoms with van der Waals surface area (Å²) in [6.45, 7) is 3.70. The fraction of sp³-hybridized carbons (Fsp3) is 0.529. The number of amides is 2. The van der Waals surface area contributed by atoms with Gasteiger partial charge >= 0.3 is 0 Å². The van der Waals surface area contributed by atoms with E-state index in [1.54, 1.807) is 17.0 Å². The first-order chi connectivity index (χ1) is 11.0.